The summed E-state index contributed by atoms with van der Waals surface area (Å²) in [5.74, 6) is -2.02. The molecule has 0 aliphatic carbocycles. The van der Waals surface area contributed by atoms with E-state index in [1.165, 1.54) is 6.33 Å². The van der Waals surface area contributed by atoms with E-state index in [-0.39, 0.29) is 5.56 Å². The number of nitrogens with one attached hydrogen (secondary N) is 2. The summed E-state index contributed by atoms with van der Waals surface area (Å²) in [6.45, 7) is 0.316. The van der Waals surface area contributed by atoms with Crippen molar-refractivity contribution in [2.75, 3.05) is 6.54 Å². The molecule has 94 valence electrons. The van der Waals surface area contributed by atoms with Crippen LogP contribution in [0.1, 0.15) is 16.1 Å². The lowest BCUT2D eigenvalue weighted by atomic mass is 10.2. The average Bonchev–Trinajstić information content (AvgIpc) is 2.85. The quantitative estimate of drug-likeness (QED) is 0.868. The van der Waals surface area contributed by atoms with E-state index in [0.717, 1.165) is 23.9 Å². The number of imidazole rings is 1. The number of aromatic amines is 1. The maximum Gasteiger partial charge on any atom is 0.254 e. The van der Waals surface area contributed by atoms with E-state index in [2.05, 4.69) is 15.3 Å². The second-order valence-electron chi connectivity index (χ2n) is 3.71. The molecule has 0 bridgehead atoms. The van der Waals surface area contributed by atoms with Gasteiger partial charge in [-0.1, -0.05) is 0 Å². The van der Waals surface area contributed by atoms with E-state index < -0.39 is 17.5 Å². The largest absolute Gasteiger partial charge is 0.352 e. The SMILES string of the molecule is O=C(NCCc1cnc[nH]1)c1cc(F)ccc1F. The second kappa shape index (κ2) is 5.39. The predicted octanol–water partition coefficient (Wildman–Crippen LogP) is 1.66. The highest BCUT2D eigenvalue weighted by atomic mass is 19.1. The Morgan fingerprint density at radius 1 is 1.39 bits per heavy atom. The Morgan fingerprint density at radius 2 is 2.22 bits per heavy atom. The topological polar surface area (TPSA) is 57.8 Å². The number of hydrogen-bond donors (Lipinski definition) is 2. The van der Waals surface area contributed by atoms with Crippen LogP contribution in [0.4, 0.5) is 8.78 Å². The van der Waals surface area contributed by atoms with Crippen molar-refractivity contribution in [3.63, 3.8) is 0 Å². The van der Waals surface area contributed by atoms with Gasteiger partial charge >= 0.3 is 0 Å². The number of benzene rings is 1. The van der Waals surface area contributed by atoms with Crippen LogP contribution >= 0.6 is 0 Å². The smallest absolute Gasteiger partial charge is 0.254 e. The van der Waals surface area contributed by atoms with Gasteiger partial charge in [0, 0.05) is 24.9 Å². The van der Waals surface area contributed by atoms with Crippen molar-refractivity contribution in [3.8, 4) is 0 Å². The highest BCUT2D eigenvalue weighted by molar-refractivity contribution is 5.94. The molecular weight excluding hydrogens is 240 g/mol. The van der Waals surface area contributed by atoms with E-state index in [9.17, 15) is 13.6 Å². The number of rotatable bonds is 4. The molecule has 0 fully saturated rings. The normalized spacial score (nSPS) is 10.3. The van der Waals surface area contributed by atoms with Crippen LogP contribution < -0.4 is 5.32 Å². The van der Waals surface area contributed by atoms with Crippen molar-refractivity contribution in [2.45, 2.75) is 6.42 Å². The van der Waals surface area contributed by atoms with Crippen LogP contribution in [0.25, 0.3) is 0 Å². The fourth-order valence-corrected chi connectivity index (χ4v) is 1.50. The zero-order valence-corrected chi connectivity index (χ0v) is 9.41. The molecule has 6 heteroatoms. The van der Waals surface area contributed by atoms with Gasteiger partial charge in [-0.25, -0.2) is 13.8 Å². The number of H-pyrrole nitrogens is 1. The molecule has 0 saturated heterocycles. The van der Waals surface area contributed by atoms with Gasteiger partial charge < -0.3 is 10.3 Å². The average molecular weight is 251 g/mol. The molecule has 4 nitrogen and oxygen atoms in total. The molecule has 1 aromatic carbocycles. The van der Waals surface area contributed by atoms with Gasteiger partial charge in [-0.05, 0) is 18.2 Å². The van der Waals surface area contributed by atoms with Gasteiger partial charge in [-0.3, -0.25) is 4.79 Å². The van der Waals surface area contributed by atoms with Gasteiger partial charge in [-0.2, -0.15) is 0 Å². The van der Waals surface area contributed by atoms with Gasteiger partial charge in [0.25, 0.3) is 5.91 Å². The Bertz CT molecular complexity index is 540. The Balaban J connectivity index is 1.93. The van der Waals surface area contributed by atoms with Crippen molar-refractivity contribution in [3.05, 3.63) is 53.6 Å². The van der Waals surface area contributed by atoms with Crippen molar-refractivity contribution < 1.29 is 13.6 Å². The van der Waals surface area contributed by atoms with Crippen LogP contribution in [0.3, 0.4) is 0 Å². The minimum atomic E-state index is -0.740. The first kappa shape index (κ1) is 12.2. The highest BCUT2D eigenvalue weighted by Crippen LogP contribution is 2.09. The van der Waals surface area contributed by atoms with Crippen molar-refractivity contribution in [1.29, 1.82) is 0 Å². The summed E-state index contributed by atoms with van der Waals surface area (Å²) in [5.41, 5.74) is 0.564. The van der Waals surface area contributed by atoms with E-state index in [1.807, 2.05) is 0 Å². The molecule has 0 radical (unpaired) electrons. The molecule has 0 unspecified atom stereocenters. The van der Waals surface area contributed by atoms with E-state index in [4.69, 9.17) is 0 Å². The Morgan fingerprint density at radius 3 is 2.94 bits per heavy atom. The van der Waals surface area contributed by atoms with E-state index in [0.29, 0.717) is 13.0 Å². The van der Waals surface area contributed by atoms with Crippen molar-refractivity contribution >= 4 is 5.91 Å². The first-order valence-electron chi connectivity index (χ1n) is 5.37. The summed E-state index contributed by atoms with van der Waals surface area (Å²) >= 11 is 0. The van der Waals surface area contributed by atoms with Crippen molar-refractivity contribution in [2.24, 2.45) is 0 Å². The molecule has 2 N–H and O–H groups in total. The van der Waals surface area contributed by atoms with Gasteiger partial charge in [0.1, 0.15) is 11.6 Å². The van der Waals surface area contributed by atoms with Gasteiger partial charge in [-0.15, -0.1) is 0 Å². The summed E-state index contributed by atoms with van der Waals surface area (Å²) in [4.78, 5) is 18.3. The van der Waals surface area contributed by atoms with E-state index in [1.54, 1.807) is 6.20 Å². The molecule has 0 saturated carbocycles. The lowest BCUT2D eigenvalue weighted by Gasteiger charge is -2.05. The fraction of sp³-hybridized carbons (Fsp3) is 0.167. The molecular formula is C12H11F2N3O. The molecule has 18 heavy (non-hydrogen) atoms. The Hall–Kier alpha value is -2.24. The number of nitrogens with zero attached hydrogens (tertiary/aromatic N) is 1. The molecule has 0 spiro atoms. The summed E-state index contributed by atoms with van der Waals surface area (Å²) in [5, 5.41) is 2.51. The Kier molecular flexibility index (Phi) is 3.66. The number of amides is 1. The van der Waals surface area contributed by atoms with Crippen LogP contribution in [0.15, 0.2) is 30.7 Å². The van der Waals surface area contributed by atoms with Crippen LogP contribution in [0.5, 0.6) is 0 Å². The molecule has 2 aromatic rings. The minimum Gasteiger partial charge on any atom is -0.352 e. The maximum atomic E-state index is 13.3. The first-order chi connectivity index (χ1) is 8.66. The highest BCUT2D eigenvalue weighted by Gasteiger charge is 2.12. The summed E-state index contributed by atoms with van der Waals surface area (Å²) in [6.07, 6.45) is 3.71. The van der Waals surface area contributed by atoms with Crippen LogP contribution in [0, 0.1) is 11.6 Å². The zero-order chi connectivity index (χ0) is 13.0. The molecule has 1 aromatic heterocycles. The molecule has 0 atom stereocenters. The molecule has 0 aliphatic rings. The minimum absolute atomic E-state index is 0.292. The monoisotopic (exact) mass is 251 g/mol. The number of carbonyl (C=O) groups is 1. The summed E-state index contributed by atoms with van der Waals surface area (Å²) < 4.78 is 26.2. The van der Waals surface area contributed by atoms with Crippen LogP contribution in [-0.4, -0.2) is 22.4 Å². The fourth-order valence-electron chi connectivity index (χ4n) is 1.50. The first-order valence-corrected chi connectivity index (χ1v) is 5.37. The third-order valence-electron chi connectivity index (χ3n) is 2.41. The van der Waals surface area contributed by atoms with Gasteiger partial charge in [0.05, 0.1) is 11.9 Å². The number of aromatic nitrogens is 2. The molecule has 0 aliphatic heterocycles. The third-order valence-corrected chi connectivity index (χ3v) is 2.41. The number of hydrogen-bond acceptors (Lipinski definition) is 2. The van der Waals surface area contributed by atoms with Gasteiger partial charge in [0.2, 0.25) is 0 Å². The third kappa shape index (κ3) is 2.91. The standard InChI is InChI=1S/C12H11F2N3O/c13-8-1-2-11(14)10(5-8)12(18)16-4-3-9-6-15-7-17-9/h1-2,5-7H,3-4H2,(H,15,17)(H,16,18). The lowest BCUT2D eigenvalue weighted by Crippen LogP contribution is -2.26. The predicted molar refractivity (Wildman–Crippen MR) is 61.0 cm³/mol. The summed E-state index contributed by atoms with van der Waals surface area (Å²) in [6, 6.07) is 2.77. The lowest BCUT2D eigenvalue weighted by molar-refractivity contribution is 0.0949. The van der Waals surface area contributed by atoms with Crippen LogP contribution in [0.2, 0.25) is 0 Å². The molecule has 1 amide bonds. The van der Waals surface area contributed by atoms with Gasteiger partial charge in [0.15, 0.2) is 0 Å². The van der Waals surface area contributed by atoms with Crippen molar-refractivity contribution in [1.82, 2.24) is 15.3 Å². The molecule has 2 rings (SSSR count). The number of carbonyl (C=O) groups excluding carboxylic acids is 1. The Labute approximate surface area is 102 Å². The maximum absolute atomic E-state index is 13.3. The summed E-state index contributed by atoms with van der Waals surface area (Å²) in [7, 11) is 0. The zero-order valence-electron chi connectivity index (χ0n) is 9.41. The van der Waals surface area contributed by atoms with E-state index >= 15 is 0 Å². The molecule has 1 heterocycles. The van der Waals surface area contributed by atoms with Crippen LogP contribution in [-0.2, 0) is 6.42 Å². The number of halogens is 2. The second-order valence-corrected chi connectivity index (χ2v) is 3.71.